The molecule has 2 nitrogen and oxygen atoms in total. The number of aryl methyl sites for hydroxylation is 1. The molecule has 120 valence electrons. The lowest BCUT2D eigenvalue weighted by Gasteiger charge is -2.18. The highest BCUT2D eigenvalue weighted by Gasteiger charge is 2.11. The second kappa shape index (κ2) is 8.85. The van der Waals surface area contributed by atoms with E-state index in [1.807, 2.05) is 6.92 Å². The Hall–Kier alpha value is -1.32. The minimum Gasteiger partial charge on any atom is -0.493 e. The molecule has 21 heavy (non-hydrogen) atoms. The fourth-order valence-corrected chi connectivity index (χ4v) is 2.09. The first-order valence-electron chi connectivity index (χ1n) is 7.60. The zero-order valence-corrected chi connectivity index (χ0v) is 13.4. The van der Waals surface area contributed by atoms with Crippen LogP contribution in [0.4, 0.5) is 8.78 Å². The van der Waals surface area contributed by atoms with Crippen LogP contribution in [0.3, 0.4) is 0 Å². The first kappa shape index (κ1) is 17.7. The van der Waals surface area contributed by atoms with E-state index < -0.39 is 6.61 Å². The van der Waals surface area contributed by atoms with Crippen LogP contribution in [0.25, 0.3) is 0 Å². The molecule has 0 saturated heterocycles. The zero-order valence-electron chi connectivity index (χ0n) is 13.4. The third kappa shape index (κ3) is 6.78. The minimum atomic E-state index is -2.81. The third-order valence-electron chi connectivity index (χ3n) is 3.59. The molecule has 0 fully saturated rings. The van der Waals surface area contributed by atoms with Crippen LogP contribution >= 0.6 is 0 Å². The van der Waals surface area contributed by atoms with Crippen molar-refractivity contribution >= 4 is 0 Å². The normalized spacial score (nSPS) is 12.8. The molecule has 0 spiro atoms. The average molecular weight is 300 g/mol. The van der Waals surface area contributed by atoms with Gasteiger partial charge in [-0.15, -0.1) is 0 Å². The Balaban J connectivity index is 2.60. The molecule has 0 aromatic heterocycles. The molecule has 0 aliphatic heterocycles. The van der Waals surface area contributed by atoms with Gasteiger partial charge in [-0.3, -0.25) is 0 Å². The molecular formula is C17H26F2O2. The second-order valence-electron chi connectivity index (χ2n) is 5.86. The summed E-state index contributed by atoms with van der Waals surface area (Å²) in [7, 11) is 0. The predicted molar refractivity (Wildman–Crippen MR) is 81.2 cm³/mol. The lowest BCUT2D eigenvalue weighted by molar-refractivity contribution is -0.0499. The molecule has 0 bridgehead atoms. The van der Waals surface area contributed by atoms with E-state index in [0.717, 1.165) is 18.4 Å². The number of benzene rings is 1. The monoisotopic (exact) mass is 300 g/mol. The maximum absolute atomic E-state index is 12.2. The maximum atomic E-state index is 12.2. The lowest BCUT2D eigenvalue weighted by atomic mass is 9.96. The molecule has 4 heteroatoms. The van der Waals surface area contributed by atoms with Gasteiger partial charge in [0.15, 0.2) is 0 Å². The molecule has 1 aromatic carbocycles. The van der Waals surface area contributed by atoms with E-state index in [4.69, 9.17) is 4.74 Å². The molecule has 1 atom stereocenters. The summed E-state index contributed by atoms with van der Waals surface area (Å²) < 4.78 is 34.7. The van der Waals surface area contributed by atoms with Crippen LogP contribution in [-0.4, -0.2) is 13.2 Å². The van der Waals surface area contributed by atoms with Crippen LogP contribution in [0.5, 0.6) is 11.5 Å². The number of hydrogen-bond acceptors (Lipinski definition) is 2. The topological polar surface area (TPSA) is 18.5 Å². The second-order valence-corrected chi connectivity index (χ2v) is 5.86. The Bertz CT molecular complexity index is 419. The van der Waals surface area contributed by atoms with Gasteiger partial charge >= 0.3 is 6.61 Å². The van der Waals surface area contributed by atoms with Gasteiger partial charge in [0.1, 0.15) is 11.5 Å². The van der Waals surface area contributed by atoms with Gasteiger partial charge in [0.2, 0.25) is 0 Å². The van der Waals surface area contributed by atoms with Crippen LogP contribution in [0.1, 0.15) is 45.6 Å². The first-order chi connectivity index (χ1) is 9.92. The van der Waals surface area contributed by atoms with E-state index in [1.165, 1.54) is 18.6 Å². The van der Waals surface area contributed by atoms with Gasteiger partial charge < -0.3 is 9.47 Å². The van der Waals surface area contributed by atoms with Crippen molar-refractivity contribution in [3.05, 3.63) is 23.8 Å². The summed E-state index contributed by atoms with van der Waals surface area (Å²) in [6, 6.07) is 4.81. The highest BCUT2D eigenvalue weighted by molar-refractivity contribution is 5.39. The van der Waals surface area contributed by atoms with Gasteiger partial charge in [0.05, 0.1) is 6.61 Å². The fraction of sp³-hybridized carbons (Fsp3) is 0.647. The number of halogens is 2. The van der Waals surface area contributed by atoms with Gasteiger partial charge in [-0.1, -0.05) is 39.7 Å². The Morgan fingerprint density at radius 3 is 2.43 bits per heavy atom. The summed E-state index contributed by atoms with van der Waals surface area (Å²) in [5, 5.41) is 0. The molecule has 1 rings (SSSR count). The summed E-state index contributed by atoms with van der Waals surface area (Å²) in [4.78, 5) is 0. The molecule has 0 unspecified atom stereocenters. The van der Waals surface area contributed by atoms with E-state index in [0.29, 0.717) is 24.2 Å². The summed E-state index contributed by atoms with van der Waals surface area (Å²) >= 11 is 0. The summed E-state index contributed by atoms with van der Waals surface area (Å²) in [5.41, 5.74) is 0.926. The molecule has 0 heterocycles. The Kier molecular flexibility index (Phi) is 7.48. The largest absolute Gasteiger partial charge is 0.493 e. The minimum absolute atomic E-state index is 0.140. The Morgan fingerprint density at radius 2 is 1.86 bits per heavy atom. The molecular weight excluding hydrogens is 274 g/mol. The quantitative estimate of drug-likeness (QED) is 0.604. The summed E-state index contributed by atoms with van der Waals surface area (Å²) in [6.45, 7) is 6.28. The Morgan fingerprint density at radius 1 is 1.14 bits per heavy atom. The van der Waals surface area contributed by atoms with E-state index >= 15 is 0 Å². The smallest absolute Gasteiger partial charge is 0.387 e. The zero-order chi connectivity index (χ0) is 15.8. The molecule has 1 aromatic rings. The standard InChI is InChI=1S/C17H26F2O2/c1-5-14(8-6-12(2)3)11-20-16-10-15(21-17(18)19)9-7-13(16)4/h7,9-10,12,14,17H,5-6,8,11H2,1-4H3/t14-/m1/s1. The van der Waals surface area contributed by atoms with E-state index in [2.05, 4.69) is 25.5 Å². The molecule has 0 amide bonds. The van der Waals surface area contributed by atoms with E-state index in [1.54, 1.807) is 6.07 Å². The van der Waals surface area contributed by atoms with E-state index in [9.17, 15) is 8.78 Å². The summed E-state index contributed by atoms with van der Waals surface area (Å²) in [6.07, 6.45) is 3.36. The highest BCUT2D eigenvalue weighted by atomic mass is 19.3. The van der Waals surface area contributed by atoms with Crippen molar-refractivity contribution in [3.63, 3.8) is 0 Å². The molecule has 0 saturated carbocycles. The SMILES string of the molecule is CC[C@H](CCC(C)C)COc1cc(OC(F)F)ccc1C. The van der Waals surface area contributed by atoms with Crippen LogP contribution < -0.4 is 9.47 Å². The van der Waals surface area contributed by atoms with Crippen LogP contribution in [-0.2, 0) is 0 Å². The van der Waals surface area contributed by atoms with Gasteiger partial charge in [-0.25, -0.2) is 0 Å². The van der Waals surface area contributed by atoms with Gasteiger partial charge in [-0.05, 0) is 36.8 Å². The lowest BCUT2D eigenvalue weighted by Crippen LogP contribution is -2.13. The maximum Gasteiger partial charge on any atom is 0.387 e. The number of rotatable bonds is 9. The van der Waals surface area contributed by atoms with Crippen LogP contribution in [0, 0.1) is 18.8 Å². The van der Waals surface area contributed by atoms with Crippen LogP contribution in [0.2, 0.25) is 0 Å². The summed E-state index contributed by atoms with van der Waals surface area (Å²) in [5.74, 6) is 1.94. The van der Waals surface area contributed by atoms with Gasteiger partial charge in [-0.2, -0.15) is 8.78 Å². The molecule has 0 N–H and O–H groups in total. The fourth-order valence-electron chi connectivity index (χ4n) is 2.09. The average Bonchev–Trinajstić information content (AvgIpc) is 2.41. The van der Waals surface area contributed by atoms with Crippen molar-refractivity contribution in [1.82, 2.24) is 0 Å². The molecule has 0 radical (unpaired) electrons. The highest BCUT2D eigenvalue weighted by Crippen LogP contribution is 2.26. The van der Waals surface area contributed by atoms with Gasteiger partial charge in [0.25, 0.3) is 0 Å². The Labute approximate surface area is 126 Å². The molecule has 0 aliphatic carbocycles. The van der Waals surface area contributed by atoms with Crippen molar-refractivity contribution in [1.29, 1.82) is 0 Å². The number of hydrogen-bond donors (Lipinski definition) is 0. The van der Waals surface area contributed by atoms with Crippen molar-refractivity contribution in [2.24, 2.45) is 11.8 Å². The number of ether oxygens (including phenoxy) is 2. The predicted octanol–water partition coefficient (Wildman–Crippen LogP) is 5.44. The molecule has 0 aliphatic rings. The number of alkyl halides is 2. The van der Waals surface area contributed by atoms with Crippen molar-refractivity contribution < 1.29 is 18.3 Å². The third-order valence-corrected chi connectivity index (χ3v) is 3.59. The van der Waals surface area contributed by atoms with Crippen LogP contribution in [0.15, 0.2) is 18.2 Å². The van der Waals surface area contributed by atoms with Crippen molar-refractivity contribution in [2.45, 2.75) is 53.6 Å². The van der Waals surface area contributed by atoms with Crippen molar-refractivity contribution in [3.8, 4) is 11.5 Å². The van der Waals surface area contributed by atoms with Gasteiger partial charge in [0, 0.05) is 6.07 Å². The van der Waals surface area contributed by atoms with Crippen molar-refractivity contribution in [2.75, 3.05) is 6.61 Å². The first-order valence-corrected chi connectivity index (χ1v) is 7.60. The van der Waals surface area contributed by atoms with E-state index in [-0.39, 0.29) is 5.75 Å².